The summed E-state index contributed by atoms with van der Waals surface area (Å²) in [7, 11) is 0. The fourth-order valence-electron chi connectivity index (χ4n) is 1.68. The molecular weight excluding hydrogens is 216 g/mol. The van der Waals surface area contributed by atoms with E-state index >= 15 is 0 Å². The second-order valence-electron chi connectivity index (χ2n) is 3.87. The van der Waals surface area contributed by atoms with Crippen molar-refractivity contribution in [2.45, 2.75) is 32.7 Å². The third-order valence-electron chi connectivity index (χ3n) is 2.61. The van der Waals surface area contributed by atoms with Gasteiger partial charge in [-0.3, -0.25) is 11.3 Å². The van der Waals surface area contributed by atoms with E-state index in [0.717, 1.165) is 17.9 Å². The summed E-state index contributed by atoms with van der Waals surface area (Å²) < 4.78 is 0. The maximum absolute atomic E-state index is 5.58. The average Bonchev–Trinajstić information content (AvgIpc) is 2.32. The van der Waals surface area contributed by atoms with Gasteiger partial charge in [0.15, 0.2) is 0 Å². The molecule has 1 aromatic rings. The zero-order valence-corrected chi connectivity index (χ0v) is 11.0. The molecule has 0 saturated heterocycles. The fraction of sp³-hybridized carbons (Fsp3) is 0.538. The molecule has 0 aliphatic heterocycles. The van der Waals surface area contributed by atoms with Crippen LogP contribution < -0.4 is 11.3 Å². The van der Waals surface area contributed by atoms with E-state index in [2.05, 4.69) is 43.5 Å². The maximum atomic E-state index is 5.58. The monoisotopic (exact) mass is 238 g/mol. The summed E-state index contributed by atoms with van der Waals surface area (Å²) in [5, 5.41) is 0. The number of thioether (sulfide) groups is 1. The molecule has 1 aromatic carbocycles. The van der Waals surface area contributed by atoms with Gasteiger partial charge in [0.1, 0.15) is 0 Å². The predicted octanol–water partition coefficient (Wildman–Crippen LogP) is 2.90. The van der Waals surface area contributed by atoms with Gasteiger partial charge in [-0.25, -0.2) is 0 Å². The van der Waals surface area contributed by atoms with Crippen LogP contribution in [-0.2, 0) is 6.42 Å². The normalized spacial score (nSPS) is 12.7. The van der Waals surface area contributed by atoms with Crippen molar-refractivity contribution in [1.29, 1.82) is 0 Å². The van der Waals surface area contributed by atoms with Crippen LogP contribution in [0.1, 0.15) is 37.4 Å². The van der Waals surface area contributed by atoms with E-state index in [-0.39, 0.29) is 6.04 Å². The largest absolute Gasteiger partial charge is 0.271 e. The minimum atomic E-state index is 0.264. The first-order valence-corrected chi connectivity index (χ1v) is 7.10. The van der Waals surface area contributed by atoms with Crippen LogP contribution in [0.15, 0.2) is 24.3 Å². The summed E-state index contributed by atoms with van der Waals surface area (Å²) in [5.41, 5.74) is 5.57. The smallest absolute Gasteiger partial charge is 0.0550 e. The van der Waals surface area contributed by atoms with Gasteiger partial charge < -0.3 is 0 Å². The van der Waals surface area contributed by atoms with Gasteiger partial charge in [-0.15, -0.1) is 0 Å². The Labute approximate surface area is 103 Å². The molecule has 0 spiro atoms. The van der Waals surface area contributed by atoms with Crippen molar-refractivity contribution in [2.24, 2.45) is 5.84 Å². The number of aryl methyl sites for hydroxylation is 1. The Morgan fingerprint density at radius 2 is 1.94 bits per heavy atom. The first-order valence-electron chi connectivity index (χ1n) is 5.94. The molecule has 3 heteroatoms. The molecule has 0 radical (unpaired) electrons. The number of hydrogen-bond acceptors (Lipinski definition) is 3. The highest BCUT2D eigenvalue weighted by molar-refractivity contribution is 7.99. The van der Waals surface area contributed by atoms with Gasteiger partial charge in [-0.05, 0) is 23.3 Å². The van der Waals surface area contributed by atoms with Crippen molar-refractivity contribution in [3.05, 3.63) is 35.4 Å². The number of nitrogens with one attached hydrogen (secondary N) is 1. The van der Waals surface area contributed by atoms with E-state index in [4.69, 9.17) is 5.84 Å². The molecule has 3 N–H and O–H groups in total. The summed E-state index contributed by atoms with van der Waals surface area (Å²) in [6.07, 6.45) is 2.36. The molecular formula is C13H22N2S. The molecule has 1 unspecified atom stereocenters. The molecule has 0 heterocycles. The third kappa shape index (κ3) is 4.16. The molecule has 1 rings (SSSR count). The molecule has 0 aromatic heterocycles. The number of hydrazine groups is 1. The second-order valence-corrected chi connectivity index (χ2v) is 5.19. The zero-order chi connectivity index (χ0) is 11.8. The highest BCUT2D eigenvalue weighted by Crippen LogP contribution is 2.18. The van der Waals surface area contributed by atoms with Crippen molar-refractivity contribution < 1.29 is 0 Å². The van der Waals surface area contributed by atoms with E-state index in [0.29, 0.717) is 0 Å². The summed E-state index contributed by atoms with van der Waals surface area (Å²) in [6, 6.07) is 9.05. The molecule has 90 valence electrons. The zero-order valence-electron chi connectivity index (χ0n) is 10.2. The second kappa shape index (κ2) is 7.71. The highest BCUT2D eigenvalue weighted by Gasteiger charge is 2.08. The van der Waals surface area contributed by atoms with E-state index in [9.17, 15) is 0 Å². The van der Waals surface area contributed by atoms with E-state index in [1.165, 1.54) is 17.5 Å². The van der Waals surface area contributed by atoms with Gasteiger partial charge >= 0.3 is 0 Å². The van der Waals surface area contributed by atoms with Crippen molar-refractivity contribution >= 4 is 11.8 Å². The van der Waals surface area contributed by atoms with E-state index < -0.39 is 0 Å². The highest BCUT2D eigenvalue weighted by atomic mass is 32.2. The molecule has 0 saturated carbocycles. The molecule has 1 atom stereocenters. The Kier molecular flexibility index (Phi) is 6.53. The van der Waals surface area contributed by atoms with Gasteiger partial charge in [0.25, 0.3) is 0 Å². The van der Waals surface area contributed by atoms with Crippen molar-refractivity contribution in [3.8, 4) is 0 Å². The topological polar surface area (TPSA) is 38.0 Å². The lowest BCUT2D eigenvalue weighted by Crippen LogP contribution is -2.29. The Morgan fingerprint density at radius 3 is 2.44 bits per heavy atom. The third-order valence-corrected chi connectivity index (χ3v) is 3.59. The molecule has 0 aliphatic rings. The predicted molar refractivity (Wildman–Crippen MR) is 73.5 cm³/mol. The fourth-order valence-corrected chi connectivity index (χ4v) is 2.44. The first kappa shape index (κ1) is 13.6. The standard InChI is InChI=1S/C13H22N2S/c1-3-5-11-6-8-12(9-7-11)13(15-14)10-16-4-2/h6-9,13,15H,3-5,10,14H2,1-2H3. The summed E-state index contributed by atoms with van der Waals surface area (Å²) in [5.74, 6) is 7.74. The van der Waals surface area contributed by atoms with Crippen LogP contribution in [-0.4, -0.2) is 11.5 Å². The summed E-state index contributed by atoms with van der Waals surface area (Å²) >= 11 is 1.91. The van der Waals surface area contributed by atoms with Crippen molar-refractivity contribution in [2.75, 3.05) is 11.5 Å². The van der Waals surface area contributed by atoms with Gasteiger partial charge in [0, 0.05) is 5.75 Å². The van der Waals surface area contributed by atoms with Crippen LogP contribution in [0.5, 0.6) is 0 Å². The van der Waals surface area contributed by atoms with Gasteiger partial charge in [0.05, 0.1) is 6.04 Å². The number of hydrogen-bond donors (Lipinski definition) is 2. The van der Waals surface area contributed by atoms with Gasteiger partial charge in [-0.1, -0.05) is 44.5 Å². The van der Waals surface area contributed by atoms with Crippen molar-refractivity contribution in [1.82, 2.24) is 5.43 Å². The summed E-state index contributed by atoms with van der Waals surface area (Å²) in [4.78, 5) is 0. The molecule has 0 bridgehead atoms. The van der Waals surface area contributed by atoms with Crippen LogP contribution in [0.2, 0.25) is 0 Å². The molecule has 2 nitrogen and oxygen atoms in total. The molecule has 0 amide bonds. The van der Waals surface area contributed by atoms with E-state index in [1.54, 1.807) is 0 Å². The SMILES string of the molecule is CCCc1ccc(C(CSCC)NN)cc1. The summed E-state index contributed by atoms with van der Waals surface area (Å²) in [6.45, 7) is 4.37. The minimum Gasteiger partial charge on any atom is -0.271 e. The van der Waals surface area contributed by atoms with Crippen LogP contribution >= 0.6 is 11.8 Å². The quantitative estimate of drug-likeness (QED) is 0.566. The molecule has 0 fully saturated rings. The van der Waals surface area contributed by atoms with E-state index in [1.807, 2.05) is 11.8 Å². The first-order chi connectivity index (χ1) is 7.81. The van der Waals surface area contributed by atoms with Crippen LogP contribution in [0.4, 0.5) is 0 Å². The van der Waals surface area contributed by atoms with Crippen LogP contribution in [0.3, 0.4) is 0 Å². The lowest BCUT2D eigenvalue weighted by atomic mass is 10.0. The number of nitrogens with two attached hydrogens (primary N) is 1. The lowest BCUT2D eigenvalue weighted by Gasteiger charge is -2.15. The van der Waals surface area contributed by atoms with Crippen LogP contribution in [0, 0.1) is 0 Å². The molecule has 0 aliphatic carbocycles. The lowest BCUT2D eigenvalue weighted by molar-refractivity contribution is 0.610. The molecule has 16 heavy (non-hydrogen) atoms. The maximum Gasteiger partial charge on any atom is 0.0550 e. The number of benzene rings is 1. The Hall–Kier alpha value is -0.510. The van der Waals surface area contributed by atoms with Gasteiger partial charge in [0.2, 0.25) is 0 Å². The Bertz CT molecular complexity index is 284. The Balaban J connectivity index is 2.62. The van der Waals surface area contributed by atoms with Crippen molar-refractivity contribution in [3.63, 3.8) is 0 Å². The van der Waals surface area contributed by atoms with Crippen LogP contribution in [0.25, 0.3) is 0 Å². The average molecular weight is 238 g/mol. The van der Waals surface area contributed by atoms with Gasteiger partial charge in [-0.2, -0.15) is 11.8 Å². The number of rotatable bonds is 7. The Morgan fingerprint density at radius 1 is 1.25 bits per heavy atom. The minimum absolute atomic E-state index is 0.264.